The molecule has 14 heavy (non-hydrogen) atoms. The van der Waals surface area contributed by atoms with E-state index in [2.05, 4.69) is 10.2 Å². The summed E-state index contributed by atoms with van der Waals surface area (Å²) in [5.74, 6) is -1.24. The molecule has 0 saturated heterocycles. The van der Waals surface area contributed by atoms with Gasteiger partial charge in [-0.2, -0.15) is 0 Å². The molecule has 0 aromatic carbocycles. The van der Waals surface area contributed by atoms with Crippen molar-refractivity contribution in [2.24, 2.45) is 0 Å². The molecule has 0 unspecified atom stereocenters. The van der Waals surface area contributed by atoms with Crippen molar-refractivity contribution in [3.05, 3.63) is 23.8 Å². The molecule has 72 valence electrons. The van der Waals surface area contributed by atoms with Crippen molar-refractivity contribution in [1.29, 1.82) is 0 Å². The fourth-order valence-corrected chi connectivity index (χ4v) is 0.993. The second kappa shape index (κ2) is 2.99. The van der Waals surface area contributed by atoms with Crippen molar-refractivity contribution < 1.29 is 18.7 Å². The number of carboxylic acids is 1. The van der Waals surface area contributed by atoms with Gasteiger partial charge in [-0.15, -0.1) is 10.2 Å². The Bertz CT molecular complexity index is 471. The first-order valence-electron chi connectivity index (χ1n) is 3.80. The van der Waals surface area contributed by atoms with Crippen LogP contribution >= 0.6 is 0 Å². The number of furan rings is 1. The molecule has 0 atom stereocenters. The lowest BCUT2D eigenvalue weighted by Gasteiger charge is -1.88. The van der Waals surface area contributed by atoms with Crippen LogP contribution in [0, 0.1) is 6.92 Å². The van der Waals surface area contributed by atoms with Crippen LogP contribution in [0.1, 0.15) is 16.2 Å². The minimum absolute atomic E-state index is 0.0740. The topological polar surface area (TPSA) is 89.4 Å². The Balaban J connectivity index is 2.43. The zero-order valence-electron chi connectivity index (χ0n) is 7.22. The standard InChI is InChI=1S/C8H6N2O4/c1-4-2-3-13-5(4)6-9-10-7(14-6)8(11)12/h2-3H,1H3,(H,11,12). The maximum Gasteiger partial charge on any atom is 0.393 e. The van der Waals surface area contributed by atoms with E-state index in [9.17, 15) is 4.79 Å². The highest BCUT2D eigenvalue weighted by Crippen LogP contribution is 2.22. The normalized spacial score (nSPS) is 10.4. The second-order valence-corrected chi connectivity index (χ2v) is 2.65. The lowest BCUT2D eigenvalue weighted by Crippen LogP contribution is -1.95. The Hall–Kier alpha value is -2.11. The average Bonchev–Trinajstić information content (AvgIpc) is 2.71. The molecule has 0 spiro atoms. The summed E-state index contributed by atoms with van der Waals surface area (Å²) in [4.78, 5) is 10.4. The number of carbonyl (C=O) groups is 1. The van der Waals surface area contributed by atoms with Crippen LogP contribution < -0.4 is 0 Å². The minimum atomic E-state index is -1.26. The highest BCUT2D eigenvalue weighted by Gasteiger charge is 2.17. The van der Waals surface area contributed by atoms with Gasteiger partial charge in [0, 0.05) is 5.56 Å². The van der Waals surface area contributed by atoms with E-state index in [0.29, 0.717) is 5.76 Å². The number of aryl methyl sites for hydroxylation is 1. The predicted octanol–water partition coefficient (Wildman–Crippen LogP) is 1.34. The van der Waals surface area contributed by atoms with Crippen LogP contribution in [0.3, 0.4) is 0 Å². The highest BCUT2D eigenvalue weighted by molar-refractivity contribution is 5.82. The summed E-state index contributed by atoms with van der Waals surface area (Å²) >= 11 is 0. The fourth-order valence-electron chi connectivity index (χ4n) is 0.993. The summed E-state index contributed by atoms with van der Waals surface area (Å²) < 4.78 is 9.91. The monoisotopic (exact) mass is 194 g/mol. The Kier molecular flexibility index (Phi) is 1.81. The first-order valence-corrected chi connectivity index (χ1v) is 3.80. The molecule has 6 heteroatoms. The molecule has 0 fully saturated rings. The summed E-state index contributed by atoms with van der Waals surface area (Å²) in [6, 6.07) is 1.72. The van der Waals surface area contributed by atoms with Gasteiger partial charge < -0.3 is 13.9 Å². The van der Waals surface area contributed by atoms with E-state index in [1.54, 1.807) is 13.0 Å². The number of carboxylic acid groups (broad SMARTS) is 1. The fraction of sp³-hybridized carbons (Fsp3) is 0.125. The van der Waals surface area contributed by atoms with Crippen molar-refractivity contribution in [2.45, 2.75) is 6.92 Å². The van der Waals surface area contributed by atoms with Crippen molar-refractivity contribution >= 4 is 5.97 Å². The van der Waals surface area contributed by atoms with Gasteiger partial charge in [-0.3, -0.25) is 0 Å². The summed E-state index contributed by atoms with van der Waals surface area (Å²) in [7, 11) is 0. The zero-order valence-corrected chi connectivity index (χ0v) is 7.22. The summed E-state index contributed by atoms with van der Waals surface area (Å²) in [5.41, 5.74) is 0.811. The number of hydrogen-bond donors (Lipinski definition) is 1. The maximum absolute atomic E-state index is 10.4. The van der Waals surface area contributed by atoms with Gasteiger partial charge in [-0.25, -0.2) is 4.79 Å². The van der Waals surface area contributed by atoms with Gasteiger partial charge in [-0.05, 0) is 13.0 Å². The molecule has 2 aromatic rings. The van der Waals surface area contributed by atoms with Gasteiger partial charge in [0.2, 0.25) is 0 Å². The summed E-state index contributed by atoms with van der Waals surface area (Å²) in [6.07, 6.45) is 1.47. The minimum Gasteiger partial charge on any atom is -0.474 e. The quantitative estimate of drug-likeness (QED) is 0.775. The van der Waals surface area contributed by atoms with Crippen LogP contribution in [0.15, 0.2) is 21.2 Å². The molecule has 0 bridgehead atoms. The van der Waals surface area contributed by atoms with Gasteiger partial charge in [0.1, 0.15) is 0 Å². The van der Waals surface area contributed by atoms with Crippen LogP contribution in [-0.2, 0) is 0 Å². The molecule has 0 aliphatic heterocycles. The second-order valence-electron chi connectivity index (χ2n) is 2.65. The van der Waals surface area contributed by atoms with Gasteiger partial charge in [-0.1, -0.05) is 0 Å². The lowest BCUT2D eigenvalue weighted by atomic mass is 10.3. The number of rotatable bonds is 2. The molecule has 1 N–H and O–H groups in total. The van der Waals surface area contributed by atoms with Crippen LogP contribution in [0.5, 0.6) is 0 Å². The third kappa shape index (κ3) is 1.26. The molecule has 0 aliphatic carbocycles. The van der Waals surface area contributed by atoms with E-state index in [1.165, 1.54) is 6.26 Å². The van der Waals surface area contributed by atoms with Crippen molar-refractivity contribution in [3.63, 3.8) is 0 Å². The van der Waals surface area contributed by atoms with Gasteiger partial charge in [0.05, 0.1) is 6.26 Å². The summed E-state index contributed by atoms with van der Waals surface area (Å²) in [5, 5.41) is 15.4. The van der Waals surface area contributed by atoms with Gasteiger partial charge in [0.25, 0.3) is 5.89 Å². The van der Waals surface area contributed by atoms with Crippen LogP contribution in [0.4, 0.5) is 0 Å². The Labute approximate surface area is 78.2 Å². The third-order valence-electron chi connectivity index (χ3n) is 1.66. The highest BCUT2D eigenvalue weighted by atomic mass is 16.4. The lowest BCUT2D eigenvalue weighted by molar-refractivity contribution is 0.0654. The molecule has 2 rings (SSSR count). The van der Waals surface area contributed by atoms with E-state index in [4.69, 9.17) is 13.9 Å². The molecular weight excluding hydrogens is 188 g/mol. The average molecular weight is 194 g/mol. The van der Waals surface area contributed by atoms with E-state index < -0.39 is 11.9 Å². The van der Waals surface area contributed by atoms with Crippen LogP contribution in [-0.4, -0.2) is 21.3 Å². The van der Waals surface area contributed by atoms with Crippen LogP contribution in [0.25, 0.3) is 11.7 Å². The van der Waals surface area contributed by atoms with Crippen LogP contribution in [0.2, 0.25) is 0 Å². The molecule has 0 saturated carbocycles. The number of hydrogen-bond acceptors (Lipinski definition) is 5. The van der Waals surface area contributed by atoms with Crippen molar-refractivity contribution in [1.82, 2.24) is 10.2 Å². The smallest absolute Gasteiger partial charge is 0.393 e. The first kappa shape index (κ1) is 8.49. The Morgan fingerprint density at radius 3 is 2.79 bits per heavy atom. The SMILES string of the molecule is Cc1ccoc1-c1nnc(C(=O)O)o1. The van der Waals surface area contributed by atoms with E-state index in [1.807, 2.05) is 0 Å². The maximum atomic E-state index is 10.4. The van der Waals surface area contributed by atoms with E-state index >= 15 is 0 Å². The van der Waals surface area contributed by atoms with E-state index in [-0.39, 0.29) is 5.89 Å². The molecule has 0 amide bonds. The first-order chi connectivity index (χ1) is 6.68. The van der Waals surface area contributed by atoms with E-state index in [0.717, 1.165) is 5.56 Å². The Morgan fingerprint density at radius 1 is 1.50 bits per heavy atom. The number of aromatic carboxylic acids is 1. The largest absolute Gasteiger partial charge is 0.474 e. The van der Waals surface area contributed by atoms with Gasteiger partial charge >= 0.3 is 11.9 Å². The summed E-state index contributed by atoms with van der Waals surface area (Å²) in [6.45, 7) is 1.80. The predicted molar refractivity (Wildman–Crippen MR) is 43.7 cm³/mol. The third-order valence-corrected chi connectivity index (χ3v) is 1.66. The zero-order chi connectivity index (χ0) is 10.1. The molecule has 0 radical (unpaired) electrons. The van der Waals surface area contributed by atoms with Crippen molar-refractivity contribution in [3.8, 4) is 11.7 Å². The molecule has 2 aromatic heterocycles. The van der Waals surface area contributed by atoms with Crippen molar-refractivity contribution in [2.75, 3.05) is 0 Å². The Morgan fingerprint density at radius 2 is 2.29 bits per heavy atom. The number of nitrogens with zero attached hydrogens (tertiary/aromatic N) is 2. The molecular formula is C8H6N2O4. The molecule has 0 aliphatic rings. The molecule has 6 nitrogen and oxygen atoms in total. The van der Waals surface area contributed by atoms with Gasteiger partial charge in [0.15, 0.2) is 5.76 Å². The molecule has 2 heterocycles. The number of aromatic nitrogens is 2.